The highest BCUT2D eigenvalue weighted by Crippen LogP contribution is 2.19. The first-order chi connectivity index (χ1) is 12.7. The lowest BCUT2D eigenvalue weighted by atomic mass is 10.0. The Kier molecular flexibility index (Phi) is 6.20. The number of nitrogens with one attached hydrogen (secondary N) is 2. The topological polar surface area (TPSA) is 70.7 Å². The highest BCUT2D eigenvalue weighted by Gasteiger charge is 2.31. The molecule has 1 aliphatic heterocycles. The lowest BCUT2D eigenvalue weighted by Gasteiger charge is -2.34. The van der Waals surface area contributed by atoms with Gasteiger partial charge in [0.25, 0.3) is 0 Å². The predicted octanol–water partition coefficient (Wildman–Crippen LogP) is 1.29. The second kappa shape index (κ2) is 8.78. The molecule has 2 N–H and O–H groups in total. The van der Waals surface area contributed by atoms with E-state index in [0.717, 1.165) is 12.1 Å². The first-order valence-corrected chi connectivity index (χ1v) is 8.92. The summed E-state index contributed by atoms with van der Waals surface area (Å²) in [6, 6.07) is 14.1. The molecule has 1 fully saturated rings. The van der Waals surface area contributed by atoms with E-state index in [2.05, 4.69) is 45.9 Å². The monoisotopic (exact) mass is 355 g/mol. The Morgan fingerprint density at radius 1 is 1.27 bits per heavy atom. The summed E-state index contributed by atoms with van der Waals surface area (Å²) in [6.45, 7) is 2.90. The first kappa shape index (κ1) is 18.4. The zero-order valence-corrected chi connectivity index (χ0v) is 15.0. The molecule has 0 bridgehead atoms. The maximum atomic E-state index is 12.3. The molecule has 3 rings (SSSR count). The Labute approximate surface area is 153 Å². The molecule has 1 saturated heterocycles. The predicted molar refractivity (Wildman–Crippen MR) is 101 cm³/mol. The van der Waals surface area contributed by atoms with E-state index in [9.17, 15) is 9.59 Å². The molecule has 1 heterocycles. The highest BCUT2D eigenvalue weighted by molar-refractivity contribution is 5.89. The van der Waals surface area contributed by atoms with Crippen molar-refractivity contribution in [1.82, 2.24) is 15.5 Å². The van der Waals surface area contributed by atoms with Crippen molar-refractivity contribution in [3.8, 4) is 0 Å². The molecule has 1 unspecified atom stereocenters. The van der Waals surface area contributed by atoms with Crippen LogP contribution in [0.4, 0.5) is 0 Å². The number of nitrogens with zero attached hydrogens (tertiary/aromatic N) is 1. The number of piperazine rings is 1. The SMILES string of the molecule is COCCNC(=O)CC1C(=O)NCCN1Cc1ccc2ccccc2c1. The molecule has 2 amide bonds. The van der Waals surface area contributed by atoms with E-state index in [1.54, 1.807) is 7.11 Å². The molecule has 6 heteroatoms. The van der Waals surface area contributed by atoms with Crippen LogP contribution in [0.25, 0.3) is 10.8 Å². The van der Waals surface area contributed by atoms with E-state index < -0.39 is 6.04 Å². The molecule has 0 spiro atoms. The number of benzene rings is 2. The van der Waals surface area contributed by atoms with Gasteiger partial charge in [0.05, 0.1) is 19.1 Å². The average molecular weight is 355 g/mol. The van der Waals surface area contributed by atoms with Crippen LogP contribution in [0.15, 0.2) is 42.5 Å². The number of carbonyl (C=O) groups is 2. The molecule has 0 saturated carbocycles. The van der Waals surface area contributed by atoms with Gasteiger partial charge in [-0.3, -0.25) is 14.5 Å². The second-order valence-corrected chi connectivity index (χ2v) is 6.51. The Balaban J connectivity index is 1.68. The standard InChI is InChI=1S/C20H25N3O3/c1-26-11-9-21-19(24)13-18-20(25)22-8-10-23(18)14-15-6-7-16-4-2-3-5-17(16)12-15/h2-7,12,18H,8-11,13-14H2,1H3,(H,21,24)(H,22,25). The molecule has 1 aliphatic rings. The summed E-state index contributed by atoms with van der Waals surface area (Å²) in [5.74, 6) is -0.216. The van der Waals surface area contributed by atoms with Gasteiger partial charge in [-0.15, -0.1) is 0 Å². The van der Waals surface area contributed by atoms with Crippen LogP contribution in [0.2, 0.25) is 0 Å². The van der Waals surface area contributed by atoms with E-state index in [4.69, 9.17) is 4.74 Å². The first-order valence-electron chi connectivity index (χ1n) is 8.92. The van der Waals surface area contributed by atoms with Gasteiger partial charge in [-0.05, 0) is 22.4 Å². The second-order valence-electron chi connectivity index (χ2n) is 6.51. The normalized spacial score (nSPS) is 17.9. The average Bonchev–Trinajstić information content (AvgIpc) is 2.65. The molecule has 0 aliphatic carbocycles. The third-order valence-electron chi connectivity index (χ3n) is 4.65. The number of rotatable bonds is 7. The van der Waals surface area contributed by atoms with Crippen molar-refractivity contribution in [2.24, 2.45) is 0 Å². The van der Waals surface area contributed by atoms with Crippen molar-refractivity contribution in [2.45, 2.75) is 19.0 Å². The number of methoxy groups -OCH3 is 1. The van der Waals surface area contributed by atoms with Gasteiger partial charge in [-0.25, -0.2) is 0 Å². The number of fused-ring (bicyclic) bond motifs is 1. The zero-order valence-electron chi connectivity index (χ0n) is 15.0. The van der Waals surface area contributed by atoms with Gasteiger partial charge in [0.1, 0.15) is 0 Å². The van der Waals surface area contributed by atoms with E-state index in [1.807, 2.05) is 12.1 Å². The number of hydrogen-bond acceptors (Lipinski definition) is 4. The smallest absolute Gasteiger partial charge is 0.237 e. The van der Waals surface area contributed by atoms with Crippen LogP contribution in [0.1, 0.15) is 12.0 Å². The van der Waals surface area contributed by atoms with E-state index in [-0.39, 0.29) is 18.2 Å². The van der Waals surface area contributed by atoms with E-state index in [1.165, 1.54) is 10.8 Å². The summed E-state index contributed by atoms with van der Waals surface area (Å²) in [5, 5.41) is 8.03. The minimum absolute atomic E-state index is 0.0843. The fraction of sp³-hybridized carbons (Fsp3) is 0.400. The van der Waals surface area contributed by atoms with Crippen molar-refractivity contribution in [1.29, 1.82) is 0 Å². The van der Waals surface area contributed by atoms with Crippen LogP contribution < -0.4 is 10.6 Å². The largest absolute Gasteiger partial charge is 0.383 e. The van der Waals surface area contributed by atoms with Crippen LogP contribution >= 0.6 is 0 Å². The Morgan fingerprint density at radius 2 is 2.08 bits per heavy atom. The van der Waals surface area contributed by atoms with Crippen molar-refractivity contribution in [3.05, 3.63) is 48.0 Å². The molecular formula is C20H25N3O3. The van der Waals surface area contributed by atoms with Gasteiger partial charge in [-0.2, -0.15) is 0 Å². The van der Waals surface area contributed by atoms with Gasteiger partial charge in [0.15, 0.2) is 0 Å². The van der Waals surface area contributed by atoms with Crippen molar-refractivity contribution >= 4 is 22.6 Å². The molecule has 138 valence electrons. The summed E-state index contributed by atoms with van der Waals surface area (Å²) in [5.41, 5.74) is 1.14. The van der Waals surface area contributed by atoms with Crippen molar-refractivity contribution < 1.29 is 14.3 Å². The van der Waals surface area contributed by atoms with Crippen LogP contribution in [0.5, 0.6) is 0 Å². The number of carbonyl (C=O) groups excluding carboxylic acids is 2. The molecule has 0 radical (unpaired) electrons. The van der Waals surface area contributed by atoms with E-state index >= 15 is 0 Å². The molecular weight excluding hydrogens is 330 g/mol. The quantitative estimate of drug-likeness (QED) is 0.735. The summed E-state index contributed by atoms with van der Waals surface area (Å²) in [6.07, 6.45) is 0.156. The van der Waals surface area contributed by atoms with Gasteiger partial charge < -0.3 is 15.4 Å². The zero-order chi connectivity index (χ0) is 18.4. The molecule has 6 nitrogen and oxygen atoms in total. The minimum Gasteiger partial charge on any atom is -0.383 e. The summed E-state index contributed by atoms with van der Waals surface area (Å²) < 4.78 is 4.93. The number of ether oxygens (including phenoxy) is 1. The number of amides is 2. The molecule has 0 aromatic heterocycles. The van der Waals surface area contributed by atoms with Crippen molar-refractivity contribution in [3.63, 3.8) is 0 Å². The van der Waals surface area contributed by atoms with Crippen LogP contribution in [0, 0.1) is 0 Å². The fourth-order valence-corrected chi connectivity index (χ4v) is 3.29. The highest BCUT2D eigenvalue weighted by atomic mass is 16.5. The number of hydrogen-bond donors (Lipinski definition) is 2. The Morgan fingerprint density at radius 3 is 2.88 bits per heavy atom. The molecule has 2 aromatic carbocycles. The summed E-state index contributed by atoms with van der Waals surface area (Å²) in [4.78, 5) is 26.5. The minimum atomic E-state index is -0.447. The van der Waals surface area contributed by atoms with Crippen LogP contribution in [0.3, 0.4) is 0 Å². The lowest BCUT2D eigenvalue weighted by molar-refractivity contribution is -0.134. The van der Waals surface area contributed by atoms with E-state index in [0.29, 0.717) is 26.2 Å². The van der Waals surface area contributed by atoms with Gasteiger partial charge in [0, 0.05) is 33.3 Å². The molecule has 1 atom stereocenters. The van der Waals surface area contributed by atoms with Crippen LogP contribution in [-0.2, 0) is 20.9 Å². The fourth-order valence-electron chi connectivity index (χ4n) is 3.29. The summed E-state index contributed by atoms with van der Waals surface area (Å²) >= 11 is 0. The van der Waals surface area contributed by atoms with Gasteiger partial charge in [-0.1, -0.05) is 36.4 Å². The molecule has 26 heavy (non-hydrogen) atoms. The van der Waals surface area contributed by atoms with Gasteiger partial charge in [0.2, 0.25) is 11.8 Å². The third-order valence-corrected chi connectivity index (χ3v) is 4.65. The summed E-state index contributed by atoms with van der Waals surface area (Å²) in [7, 11) is 1.59. The lowest BCUT2D eigenvalue weighted by Crippen LogP contribution is -2.56. The van der Waals surface area contributed by atoms with Crippen LogP contribution in [-0.4, -0.2) is 56.1 Å². The Hall–Kier alpha value is -2.44. The Bertz CT molecular complexity index is 778. The maximum absolute atomic E-state index is 12.3. The maximum Gasteiger partial charge on any atom is 0.237 e. The van der Waals surface area contributed by atoms with Crippen molar-refractivity contribution in [2.75, 3.05) is 33.4 Å². The third kappa shape index (κ3) is 4.59. The van der Waals surface area contributed by atoms with Gasteiger partial charge >= 0.3 is 0 Å². The molecule has 2 aromatic rings.